The Balaban J connectivity index is 2.87. The van der Waals surface area contributed by atoms with Crippen LogP contribution in [0.5, 0.6) is 0 Å². The molecule has 5 nitrogen and oxygen atoms in total. The lowest BCUT2D eigenvalue weighted by atomic mass is 9.97. The molecule has 0 spiro atoms. The van der Waals surface area contributed by atoms with E-state index in [0.29, 0.717) is 0 Å². The molecule has 0 heterocycles. The van der Waals surface area contributed by atoms with E-state index >= 15 is 0 Å². The van der Waals surface area contributed by atoms with Crippen LogP contribution in [0.1, 0.15) is 66.7 Å². The Morgan fingerprint density at radius 3 is 2.24 bits per heavy atom. The molecule has 6 heteroatoms. The summed E-state index contributed by atoms with van der Waals surface area (Å²) in [4.78, 5) is 11.7. The van der Waals surface area contributed by atoms with Crippen molar-refractivity contribution in [1.82, 2.24) is 5.32 Å². The van der Waals surface area contributed by atoms with Gasteiger partial charge in [-0.25, -0.2) is 0 Å². The molecule has 0 radical (unpaired) electrons. The Labute approximate surface area is 154 Å². The third kappa shape index (κ3) is 6.73. The third-order valence-corrected chi connectivity index (χ3v) is 10.1. The van der Waals surface area contributed by atoms with Crippen LogP contribution in [0.4, 0.5) is 0 Å². The minimum Gasteiger partial charge on any atom is -0.413 e. The molecule has 0 aromatic heterocycles. The van der Waals surface area contributed by atoms with Crippen molar-refractivity contribution < 1.29 is 14.0 Å². The van der Waals surface area contributed by atoms with E-state index in [2.05, 4.69) is 45.3 Å². The van der Waals surface area contributed by atoms with Gasteiger partial charge in [-0.1, -0.05) is 40.0 Å². The fraction of sp³-hybridized carbons (Fsp3) is 0.895. The first-order valence-corrected chi connectivity index (χ1v) is 12.4. The minimum atomic E-state index is -2.00. The molecule has 144 valence electrons. The van der Waals surface area contributed by atoms with Crippen molar-refractivity contribution in [1.29, 1.82) is 5.26 Å². The predicted octanol–water partition coefficient (Wildman–Crippen LogP) is 4.35. The zero-order valence-electron chi connectivity index (χ0n) is 17.0. The highest BCUT2D eigenvalue weighted by Crippen LogP contribution is 2.38. The summed E-state index contributed by atoms with van der Waals surface area (Å²) in [7, 11) is -2.00. The zero-order valence-corrected chi connectivity index (χ0v) is 18.0. The number of amides is 1. The van der Waals surface area contributed by atoms with Gasteiger partial charge in [0.25, 0.3) is 0 Å². The van der Waals surface area contributed by atoms with Crippen molar-refractivity contribution in [3.05, 3.63) is 0 Å². The van der Waals surface area contributed by atoms with Crippen LogP contribution in [-0.4, -0.2) is 32.7 Å². The molecule has 0 aromatic rings. The normalized spacial score (nSPS) is 20.4. The number of carbonyl (C=O) groups excluding carboxylic acids is 1. The van der Waals surface area contributed by atoms with E-state index in [1.54, 1.807) is 0 Å². The lowest BCUT2D eigenvalue weighted by molar-refractivity contribution is -0.130. The Morgan fingerprint density at radius 1 is 1.24 bits per heavy atom. The SMILES string of the molecule is CC(=O)N[C@H](OC1CCCCC1)[C@H](C#N)[C@@H](C)O[Si](C)(C)C(C)(C)C. The lowest BCUT2D eigenvalue weighted by Gasteiger charge is -2.41. The second-order valence-corrected chi connectivity index (χ2v) is 13.5. The molecule has 0 aromatic carbocycles. The van der Waals surface area contributed by atoms with Gasteiger partial charge >= 0.3 is 0 Å². The molecule has 1 fully saturated rings. The second-order valence-electron chi connectivity index (χ2n) is 8.76. The van der Waals surface area contributed by atoms with Crippen molar-refractivity contribution in [2.24, 2.45) is 5.92 Å². The van der Waals surface area contributed by atoms with Gasteiger partial charge in [0.15, 0.2) is 8.32 Å². The van der Waals surface area contributed by atoms with Gasteiger partial charge in [-0.2, -0.15) is 5.26 Å². The third-order valence-electron chi connectivity index (χ3n) is 5.50. The number of nitrogens with one attached hydrogen (secondary N) is 1. The highest BCUT2D eigenvalue weighted by atomic mass is 28.4. The highest BCUT2D eigenvalue weighted by Gasteiger charge is 2.41. The zero-order chi connectivity index (χ0) is 19.3. The molecular weight excluding hydrogens is 332 g/mol. The summed E-state index contributed by atoms with van der Waals surface area (Å²) >= 11 is 0. The topological polar surface area (TPSA) is 71.3 Å². The van der Waals surface area contributed by atoms with Crippen LogP contribution in [-0.2, 0) is 14.0 Å². The summed E-state index contributed by atoms with van der Waals surface area (Å²) in [5.41, 5.74) is 0. The van der Waals surface area contributed by atoms with Crippen LogP contribution < -0.4 is 5.32 Å². The monoisotopic (exact) mass is 368 g/mol. The summed E-state index contributed by atoms with van der Waals surface area (Å²) < 4.78 is 12.5. The van der Waals surface area contributed by atoms with Gasteiger partial charge in [0.05, 0.1) is 18.3 Å². The van der Waals surface area contributed by atoms with Gasteiger partial charge in [-0.15, -0.1) is 0 Å². The number of rotatable bonds is 7. The lowest BCUT2D eigenvalue weighted by Crippen LogP contribution is -2.51. The number of hydrogen-bond acceptors (Lipinski definition) is 4. The molecular formula is C19H36N2O3Si. The smallest absolute Gasteiger partial charge is 0.218 e. The minimum absolute atomic E-state index is 0.0645. The maximum Gasteiger partial charge on any atom is 0.218 e. The first kappa shape index (κ1) is 22.1. The summed E-state index contributed by atoms with van der Waals surface area (Å²) in [5, 5.41) is 12.7. The van der Waals surface area contributed by atoms with E-state index < -0.39 is 20.5 Å². The quantitative estimate of drug-likeness (QED) is 0.536. The Morgan fingerprint density at radius 2 is 1.80 bits per heavy atom. The Hall–Kier alpha value is -0.903. The van der Waals surface area contributed by atoms with E-state index in [1.807, 2.05) is 6.92 Å². The number of carbonyl (C=O) groups is 1. The van der Waals surface area contributed by atoms with E-state index in [4.69, 9.17) is 9.16 Å². The molecule has 1 aliphatic rings. The molecule has 3 atom stereocenters. The van der Waals surface area contributed by atoms with E-state index in [0.717, 1.165) is 25.7 Å². The largest absolute Gasteiger partial charge is 0.413 e. The molecule has 1 N–H and O–H groups in total. The first-order chi connectivity index (χ1) is 11.5. The first-order valence-electron chi connectivity index (χ1n) is 9.48. The van der Waals surface area contributed by atoms with Gasteiger partial charge < -0.3 is 14.5 Å². The summed E-state index contributed by atoms with van der Waals surface area (Å²) in [5.74, 6) is -0.708. The number of hydrogen-bond donors (Lipinski definition) is 1. The van der Waals surface area contributed by atoms with Gasteiger partial charge in [0.1, 0.15) is 12.1 Å². The summed E-state index contributed by atoms with van der Waals surface area (Å²) in [6.45, 7) is 14.3. The average molecular weight is 369 g/mol. The second kappa shape index (κ2) is 9.16. The van der Waals surface area contributed by atoms with Gasteiger partial charge in [0.2, 0.25) is 5.91 Å². The van der Waals surface area contributed by atoms with E-state index in [-0.39, 0.29) is 23.2 Å². The molecule has 25 heavy (non-hydrogen) atoms. The number of nitrogens with zero attached hydrogens (tertiary/aromatic N) is 1. The molecule has 0 saturated heterocycles. The van der Waals surface area contributed by atoms with Gasteiger partial charge in [0, 0.05) is 6.92 Å². The molecule has 0 aliphatic heterocycles. The van der Waals surface area contributed by atoms with Crippen LogP contribution in [0.15, 0.2) is 0 Å². The van der Waals surface area contributed by atoms with Crippen molar-refractivity contribution in [3.63, 3.8) is 0 Å². The van der Waals surface area contributed by atoms with Crippen LogP contribution >= 0.6 is 0 Å². The standard InChI is InChI=1S/C19H36N2O3Si/c1-14(24-25(6,7)19(3,4)5)17(13-20)18(21-15(2)22)23-16-11-9-8-10-12-16/h14,16-18H,8-12H2,1-7H3,(H,21,22)/t14-,17-,18-/m1/s1. The predicted molar refractivity (Wildman–Crippen MR) is 102 cm³/mol. The summed E-state index contributed by atoms with van der Waals surface area (Å²) in [6, 6.07) is 2.33. The molecule has 1 amide bonds. The van der Waals surface area contributed by atoms with E-state index in [1.165, 1.54) is 13.3 Å². The van der Waals surface area contributed by atoms with Crippen molar-refractivity contribution in [2.75, 3.05) is 0 Å². The maximum atomic E-state index is 11.7. The Kier molecular flexibility index (Phi) is 8.11. The number of ether oxygens (including phenoxy) is 1. The Bertz CT molecular complexity index is 476. The molecule has 1 rings (SSSR count). The van der Waals surface area contributed by atoms with Crippen molar-refractivity contribution >= 4 is 14.2 Å². The highest BCUT2D eigenvalue weighted by molar-refractivity contribution is 6.74. The molecule has 0 bridgehead atoms. The maximum absolute atomic E-state index is 11.7. The average Bonchev–Trinajstić information content (AvgIpc) is 2.46. The van der Waals surface area contributed by atoms with E-state index in [9.17, 15) is 10.1 Å². The van der Waals surface area contributed by atoms with Gasteiger partial charge in [-0.3, -0.25) is 4.79 Å². The van der Waals surface area contributed by atoms with Gasteiger partial charge in [-0.05, 0) is 37.9 Å². The molecule has 0 unspecified atom stereocenters. The molecule has 1 aliphatic carbocycles. The van der Waals surface area contributed by atoms with Crippen LogP contribution in [0, 0.1) is 17.2 Å². The van der Waals surface area contributed by atoms with Crippen LogP contribution in [0.2, 0.25) is 18.1 Å². The van der Waals surface area contributed by atoms with Crippen LogP contribution in [0.3, 0.4) is 0 Å². The van der Waals surface area contributed by atoms with Crippen LogP contribution in [0.25, 0.3) is 0 Å². The van der Waals surface area contributed by atoms with Crippen molar-refractivity contribution in [3.8, 4) is 6.07 Å². The number of nitriles is 1. The summed E-state index contributed by atoms with van der Waals surface area (Å²) in [6.07, 6.45) is 4.70. The van der Waals surface area contributed by atoms with Crippen molar-refractivity contribution in [2.45, 2.75) is 103 Å². The fourth-order valence-electron chi connectivity index (χ4n) is 2.95. The fourth-order valence-corrected chi connectivity index (χ4v) is 4.38. The molecule has 1 saturated carbocycles.